The van der Waals surface area contributed by atoms with Crippen molar-refractivity contribution in [3.8, 4) is 0 Å². The van der Waals surface area contributed by atoms with Crippen LogP contribution in [-0.2, 0) is 4.74 Å². The lowest BCUT2D eigenvalue weighted by atomic mass is 9.87. The maximum Gasteiger partial charge on any atom is 0.358 e. The first-order chi connectivity index (χ1) is 8.69. The fourth-order valence-electron chi connectivity index (χ4n) is 2.23. The number of ether oxygens (including phenoxy) is 1. The summed E-state index contributed by atoms with van der Waals surface area (Å²) < 4.78 is 4.58. The summed E-state index contributed by atoms with van der Waals surface area (Å²) in [6.07, 6.45) is 7.88. The number of rotatable bonds is 3. The maximum atomic E-state index is 11.2. The molecule has 0 amide bonds. The topological polar surface area (TPSA) is 64.1 Å². The van der Waals surface area contributed by atoms with Gasteiger partial charge in [0.25, 0.3) is 0 Å². The molecule has 1 saturated carbocycles. The van der Waals surface area contributed by atoms with Crippen LogP contribution in [0, 0.1) is 5.92 Å². The second-order valence-corrected chi connectivity index (χ2v) is 4.88. The van der Waals surface area contributed by atoms with Gasteiger partial charge in [-0.25, -0.2) is 14.8 Å². The molecule has 1 fully saturated rings. The standard InChI is InChI=1S/C13H19N3O2/c1-9-3-5-10(6-4-9)16-12-8-14-11(7-15-12)13(17)18-2/h7-10H,3-6H2,1-2H3,(H,15,16). The molecular formula is C13H19N3O2. The molecule has 1 N–H and O–H groups in total. The van der Waals surface area contributed by atoms with E-state index in [9.17, 15) is 4.79 Å². The van der Waals surface area contributed by atoms with Gasteiger partial charge < -0.3 is 10.1 Å². The highest BCUT2D eigenvalue weighted by Crippen LogP contribution is 2.25. The molecule has 0 aromatic carbocycles. The summed E-state index contributed by atoms with van der Waals surface area (Å²) in [5, 5.41) is 3.36. The highest BCUT2D eigenvalue weighted by atomic mass is 16.5. The molecule has 0 atom stereocenters. The number of methoxy groups -OCH3 is 1. The third-order valence-corrected chi connectivity index (χ3v) is 3.41. The SMILES string of the molecule is COC(=O)c1cnc(NC2CCC(C)CC2)cn1. The molecule has 0 radical (unpaired) electrons. The van der Waals surface area contributed by atoms with Crippen LogP contribution in [0.25, 0.3) is 0 Å². The van der Waals surface area contributed by atoms with Crippen LogP contribution in [0.1, 0.15) is 43.1 Å². The third-order valence-electron chi connectivity index (χ3n) is 3.41. The molecule has 2 rings (SSSR count). The van der Waals surface area contributed by atoms with E-state index in [0.717, 1.165) is 11.7 Å². The zero-order chi connectivity index (χ0) is 13.0. The van der Waals surface area contributed by atoms with Gasteiger partial charge in [0.2, 0.25) is 0 Å². The third kappa shape index (κ3) is 3.18. The molecule has 98 valence electrons. The van der Waals surface area contributed by atoms with Gasteiger partial charge in [-0.3, -0.25) is 0 Å². The first-order valence-electron chi connectivity index (χ1n) is 6.36. The molecule has 5 nitrogen and oxygen atoms in total. The highest BCUT2D eigenvalue weighted by Gasteiger charge is 2.18. The molecule has 0 unspecified atom stereocenters. The van der Waals surface area contributed by atoms with Crippen molar-refractivity contribution >= 4 is 11.8 Å². The molecule has 5 heteroatoms. The molecule has 0 bridgehead atoms. The zero-order valence-corrected chi connectivity index (χ0v) is 10.8. The van der Waals surface area contributed by atoms with E-state index in [0.29, 0.717) is 6.04 Å². The van der Waals surface area contributed by atoms with Crippen molar-refractivity contribution in [3.05, 3.63) is 18.1 Å². The minimum Gasteiger partial charge on any atom is -0.464 e. The van der Waals surface area contributed by atoms with Crippen LogP contribution in [0.3, 0.4) is 0 Å². The molecule has 1 aromatic rings. The highest BCUT2D eigenvalue weighted by molar-refractivity contribution is 5.86. The number of nitrogens with zero attached hydrogens (tertiary/aromatic N) is 2. The Kier molecular flexibility index (Phi) is 4.12. The number of hydrogen-bond donors (Lipinski definition) is 1. The number of hydrogen-bond acceptors (Lipinski definition) is 5. The van der Waals surface area contributed by atoms with Crippen molar-refractivity contribution < 1.29 is 9.53 Å². The summed E-state index contributed by atoms with van der Waals surface area (Å²) in [5.41, 5.74) is 0.236. The average Bonchev–Trinajstić information content (AvgIpc) is 2.41. The van der Waals surface area contributed by atoms with Crippen molar-refractivity contribution in [2.75, 3.05) is 12.4 Å². The number of nitrogens with one attached hydrogen (secondary N) is 1. The van der Waals surface area contributed by atoms with Gasteiger partial charge in [-0.2, -0.15) is 0 Å². The van der Waals surface area contributed by atoms with Crippen molar-refractivity contribution in [2.24, 2.45) is 5.92 Å². The minimum absolute atomic E-state index is 0.236. The lowest BCUT2D eigenvalue weighted by Gasteiger charge is -2.27. The van der Waals surface area contributed by atoms with Gasteiger partial charge in [0, 0.05) is 6.04 Å². The van der Waals surface area contributed by atoms with Crippen LogP contribution in [-0.4, -0.2) is 29.1 Å². The maximum absolute atomic E-state index is 11.2. The van der Waals surface area contributed by atoms with Gasteiger partial charge in [-0.15, -0.1) is 0 Å². The largest absolute Gasteiger partial charge is 0.464 e. The summed E-state index contributed by atoms with van der Waals surface area (Å²) in [4.78, 5) is 19.4. The smallest absolute Gasteiger partial charge is 0.358 e. The number of anilines is 1. The summed E-state index contributed by atoms with van der Waals surface area (Å²) in [6, 6.07) is 0.472. The van der Waals surface area contributed by atoms with Crippen molar-refractivity contribution in [3.63, 3.8) is 0 Å². The predicted molar refractivity (Wildman–Crippen MR) is 68.4 cm³/mol. The second kappa shape index (κ2) is 5.80. The van der Waals surface area contributed by atoms with E-state index in [-0.39, 0.29) is 5.69 Å². The molecule has 0 saturated heterocycles. The van der Waals surface area contributed by atoms with Gasteiger partial charge >= 0.3 is 5.97 Å². The lowest BCUT2D eigenvalue weighted by Crippen LogP contribution is -2.25. The Balaban J connectivity index is 1.92. The Morgan fingerprint density at radius 1 is 1.28 bits per heavy atom. The summed E-state index contributed by atoms with van der Waals surface area (Å²) in [6.45, 7) is 2.29. The molecule has 0 spiro atoms. The Labute approximate surface area is 107 Å². The van der Waals surface area contributed by atoms with E-state index in [1.807, 2.05) is 0 Å². The van der Waals surface area contributed by atoms with Crippen LogP contribution in [0.5, 0.6) is 0 Å². The van der Waals surface area contributed by atoms with Crippen molar-refractivity contribution in [1.29, 1.82) is 0 Å². The van der Waals surface area contributed by atoms with Gasteiger partial charge in [0.1, 0.15) is 5.82 Å². The van der Waals surface area contributed by atoms with Crippen LogP contribution < -0.4 is 5.32 Å². The Morgan fingerprint density at radius 3 is 2.56 bits per heavy atom. The normalized spacial score (nSPS) is 23.4. The molecule has 1 aromatic heterocycles. The zero-order valence-electron chi connectivity index (χ0n) is 10.8. The van der Waals surface area contributed by atoms with Crippen LogP contribution in [0.2, 0.25) is 0 Å². The fourth-order valence-corrected chi connectivity index (χ4v) is 2.23. The quantitative estimate of drug-likeness (QED) is 0.832. The second-order valence-electron chi connectivity index (χ2n) is 4.88. The van der Waals surface area contributed by atoms with Crippen LogP contribution in [0.15, 0.2) is 12.4 Å². The van der Waals surface area contributed by atoms with Gasteiger partial charge in [0.15, 0.2) is 5.69 Å². The van der Waals surface area contributed by atoms with Gasteiger partial charge in [0.05, 0.1) is 19.5 Å². The van der Waals surface area contributed by atoms with E-state index in [4.69, 9.17) is 0 Å². The minimum atomic E-state index is -0.458. The van der Waals surface area contributed by atoms with Crippen molar-refractivity contribution in [2.45, 2.75) is 38.6 Å². The molecule has 1 heterocycles. The lowest BCUT2D eigenvalue weighted by molar-refractivity contribution is 0.0593. The molecular weight excluding hydrogens is 230 g/mol. The van der Waals surface area contributed by atoms with Gasteiger partial charge in [-0.05, 0) is 31.6 Å². The molecule has 18 heavy (non-hydrogen) atoms. The Morgan fingerprint density at radius 2 is 2.00 bits per heavy atom. The monoisotopic (exact) mass is 249 g/mol. The van der Waals surface area contributed by atoms with Crippen LogP contribution in [0.4, 0.5) is 5.82 Å². The molecule has 1 aliphatic carbocycles. The Bertz CT molecular complexity index is 397. The predicted octanol–water partition coefficient (Wildman–Crippen LogP) is 2.25. The van der Waals surface area contributed by atoms with E-state index in [2.05, 4.69) is 26.9 Å². The van der Waals surface area contributed by atoms with E-state index < -0.39 is 5.97 Å². The number of esters is 1. The van der Waals surface area contributed by atoms with E-state index >= 15 is 0 Å². The van der Waals surface area contributed by atoms with E-state index in [1.165, 1.54) is 39.0 Å². The first kappa shape index (κ1) is 12.8. The summed E-state index contributed by atoms with van der Waals surface area (Å²) in [5.74, 6) is 1.10. The van der Waals surface area contributed by atoms with Gasteiger partial charge in [-0.1, -0.05) is 6.92 Å². The van der Waals surface area contributed by atoms with E-state index in [1.54, 1.807) is 6.20 Å². The molecule has 0 aliphatic heterocycles. The number of carbonyl (C=O) groups excluding carboxylic acids is 1. The molecule has 1 aliphatic rings. The summed E-state index contributed by atoms with van der Waals surface area (Å²) in [7, 11) is 1.33. The number of aromatic nitrogens is 2. The first-order valence-corrected chi connectivity index (χ1v) is 6.36. The van der Waals surface area contributed by atoms with Crippen molar-refractivity contribution in [1.82, 2.24) is 9.97 Å². The Hall–Kier alpha value is -1.65. The van der Waals surface area contributed by atoms with Crippen LogP contribution >= 0.6 is 0 Å². The average molecular weight is 249 g/mol. The fraction of sp³-hybridized carbons (Fsp3) is 0.615. The summed E-state index contributed by atoms with van der Waals surface area (Å²) >= 11 is 0. The number of carbonyl (C=O) groups is 1.